The summed E-state index contributed by atoms with van der Waals surface area (Å²) in [6, 6.07) is 18.0. The van der Waals surface area contributed by atoms with E-state index in [2.05, 4.69) is 20.6 Å². The summed E-state index contributed by atoms with van der Waals surface area (Å²) in [6.07, 6.45) is 4.19. The summed E-state index contributed by atoms with van der Waals surface area (Å²) in [5.74, 6) is -1.55. The van der Waals surface area contributed by atoms with Crippen LogP contribution in [-0.4, -0.2) is 90.6 Å². The van der Waals surface area contributed by atoms with Crippen molar-refractivity contribution in [2.75, 3.05) is 19.8 Å². The number of hydrogen-bond donors (Lipinski definition) is 4. The lowest BCUT2D eigenvalue weighted by Crippen LogP contribution is -2.57. The Morgan fingerprint density at radius 1 is 0.986 bits per heavy atom. The van der Waals surface area contributed by atoms with Crippen molar-refractivity contribution in [3.8, 4) is 33.1 Å². The summed E-state index contributed by atoms with van der Waals surface area (Å²) in [6.45, 7) is 10.1. The molecule has 0 aliphatic carbocycles. The van der Waals surface area contributed by atoms with Gasteiger partial charge in [-0.25, -0.2) is 9.97 Å². The number of amides is 3. The highest BCUT2D eigenvalue weighted by molar-refractivity contribution is 7.13. The van der Waals surface area contributed by atoms with Crippen molar-refractivity contribution in [1.29, 1.82) is 5.41 Å². The zero-order valence-electron chi connectivity index (χ0n) is 41.3. The Hall–Kier alpha value is -6.69. The maximum atomic E-state index is 14.3. The van der Waals surface area contributed by atoms with E-state index in [4.69, 9.17) is 26.5 Å². The number of imidazole rings is 1. The number of ether oxygens (including phenoxy) is 2. The molecule has 4 N–H and O–H groups in total. The van der Waals surface area contributed by atoms with E-state index in [0.29, 0.717) is 64.7 Å². The van der Waals surface area contributed by atoms with Crippen molar-refractivity contribution >= 4 is 46.4 Å². The molecular weight excluding hydrogens is 959 g/mol. The lowest BCUT2D eigenvalue weighted by Gasteiger charge is -2.35. The van der Waals surface area contributed by atoms with Gasteiger partial charge in [0.2, 0.25) is 29.3 Å². The highest BCUT2D eigenvalue weighted by Crippen LogP contribution is 2.41. The molecule has 18 heteroatoms. The van der Waals surface area contributed by atoms with Gasteiger partial charge in [-0.1, -0.05) is 62.7 Å². The third-order valence-corrected chi connectivity index (χ3v) is 14.5. The summed E-state index contributed by atoms with van der Waals surface area (Å²) in [5.41, 5.74) is 7.97. The number of thiazole rings is 1. The Labute approximate surface area is 426 Å². The average molecular weight is 1020 g/mol. The highest BCUT2D eigenvalue weighted by atomic mass is 35.5. The number of ketones is 1. The molecule has 6 aromatic rings. The quantitative estimate of drug-likeness (QED) is 0.0523. The number of β-amino-alcohol motifs (C(OH)–C–C–N with tert-alkyl or cyclic N) is 1. The number of Topliss-reactive ketones (excluding diaryl/α,β-unsaturated/α-hetero) is 1. The van der Waals surface area contributed by atoms with Gasteiger partial charge in [0.15, 0.2) is 5.78 Å². The number of rotatable bonds is 17. The van der Waals surface area contributed by atoms with Crippen LogP contribution in [0.15, 0.2) is 84.6 Å². The number of pyridine rings is 1. The van der Waals surface area contributed by atoms with Crippen molar-refractivity contribution < 1.29 is 38.1 Å². The number of hydrogen-bond acceptors (Lipinski definition) is 11. The first-order valence-electron chi connectivity index (χ1n) is 24.0. The van der Waals surface area contributed by atoms with Crippen LogP contribution < -0.4 is 25.7 Å². The largest absolute Gasteiger partial charge is 0.492 e. The van der Waals surface area contributed by atoms with Gasteiger partial charge in [-0.2, -0.15) is 4.39 Å². The first kappa shape index (κ1) is 51.7. The minimum absolute atomic E-state index is 0.0244. The molecule has 2 aliphatic rings. The number of carbonyl (C=O) groups excluding carboxylic acids is 4. The molecule has 378 valence electrons. The molecule has 8 rings (SSSR count). The molecule has 0 spiro atoms. The molecule has 1 unspecified atom stereocenters. The summed E-state index contributed by atoms with van der Waals surface area (Å²) >= 11 is 8.15. The van der Waals surface area contributed by atoms with Gasteiger partial charge >= 0.3 is 0 Å². The van der Waals surface area contributed by atoms with Crippen LogP contribution in [0.4, 0.5) is 4.39 Å². The fourth-order valence-electron chi connectivity index (χ4n) is 9.27. The number of aromatic nitrogens is 4. The molecule has 0 bridgehead atoms. The predicted octanol–water partition coefficient (Wildman–Crippen LogP) is 7.74. The third kappa shape index (κ3) is 11.8. The van der Waals surface area contributed by atoms with Crippen LogP contribution in [0, 0.1) is 36.5 Å². The van der Waals surface area contributed by atoms with E-state index < -0.39 is 41.4 Å². The van der Waals surface area contributed by atoms with Crippen LogP contribution in [0.25, 0.3) is 21.6 Å². The average Bonchev–Trinajstić information content (AvgIpc) is 4.05. The fourth-order valence-corrected chi connectivity index (χ4v) is 10.3. The summed E-state index contributed by atoms with van der Waals surface area (Å²) < 4.78 is 30.0. The first-order valence-corrected chi connectivity index (χ1v) is 25.3. The van der Waals surface area contributed by atoms with Crippen LogP contribution in [0.3, 0.4) is 0 Å². The smallest absolute Gasteiger partial charge is 0.246 e. The Bertz CT molecular complexity index is 3050. The van der Waals surface area contributed by atoms with Crippen molar-refractivity contribution in [1.82, 2.24) is 34.6 Å². The van der Waals surface area contributed by atoms with Crippen LogP contribution in [0.2, 0.25) is 5.02 Å². The Morgan fingerprint density at radius 2 is 1.74 bits per heavy atom. The second-order valence-electron chi connectivity index (χ2n) is 19.7. The number of likely N-dealkylation sites (tertiary alicyclic amines) is 1. The van der Waals surface area contributed by atoms with Crippen LogP contribution in [-0.2, 0) is 40.9 Å². The maximum absolute atomic E-state index is 14.3. The van der Waals surface area contributed by atoms with Crippen molar-refractivity contribution in [3.05, 3.63) is 135 Å². The van der Waals surface area contributed by atoms with E-state index in [-0.39, 0.29) is 62.4 Å². The minimum Gasteiger partial charge on any atom is -0.492 e. The van der Waals surface area contributed by atoms with Crippen molar-refractivity contribution in [3.63, 3.8) is 0 Å². The van der Waals surface area contributed by atoms with Gasteiger partial charge in [-0.15, -0.1) is 11.3 Å². The van der Waals surface area contributed by atoms with Gasteiger partial charge in [0.1, 0.15) is 23.6 Å². The van der Waals surface area contributed by atoms with E-state index in [1.807, 2.05) is 69.6 Å². The summed E-state index contributed by atoms with van der Waals surface area (Å²) in [4.78, 5) is 66.2. The van der Waals surface area contributed by atoms with Gasteiger partial charge in [0, 0.05) is 62.2 Å². The monoisotopic (exact) mass is 1020 g/mol. The molecular formula is C54H60ClFN8O7S. The molecule has 0 saturated carbocycles. The number of fused-ring (bicyclic) bond motifs is 1. The zero-order valence-corrected chi connectivity index (χ0v) is 42.8. The van der Waals surface area contributed by atoms with Gasteiger partial charge in [0.25, 0.3) is 0 Å². The normalized spacial score (nSPS) is 17.0. The van der Waals surface area contributed by atoms with E-state index in [9.17, 15) is 28.7 Å². The number of unbranched alkanes of at least 4 members (excludes halogenated alkanes) is 1. The van der Waals surface area contributed by atoms with Crippen molar-refractivity contribution in [2.24, 2.45) is 18.4 Å². The van der Waals surface area contributed by atoms with E-state index in [1.54, 1.807) is 71.1 Å². The molecule has 1 saturated heterocycles. The van der Waals surface area contributed by atoms with Gasteiger partial charge in [0.05, 0.1) is 58.4 Å². The molecule has 1 fully saturated rings. The predicted molar refractivity (Wildman–Crippen MR) is 272 cm³/mol. The van der Waals surface area contributed by atoms with Crippen LogP contribution in [0.5, 0.6) is 11.5 Å². The molecule has 2 aliphatic heterocycles. The summed E-state index contributed by atoms with van der Waals surface area (Å²) in [7, 11) is 1.79. The number of aryl methyl sites for hydroxylation is 3. The summed E-state index contributed by atoms with van der Waals surface area (Å²) in [5, 5.41) is 25.4. The van der Waals surface area contributed by atoms with Crippen molar-refractivity contribution in [2.45, 2.75) is 98.0 Å². The lowest BCUT2D eigenvalue weighted by atomic mass is 9.85. The number of halogens is 2. The molecule has 4 atom stereocenters. The zero-order chi connectivity index (χ0) is 51.4. The Balaban J connectivity index is 0.846. The van der Waals surface area contributed by atoms with E-state index in [1.165, 1.54) is 11.0 Å². The fraction of sp³-hybridized carbons (Fsp3) is 0.389. The second kappa shape index (κ2) is 22.0. The Kier molecular flexibility index (Phi) is 15.8. The topological polar surface area (TPSA) is 194 Å². The number of nitrogens with one attached hydrogen (secondary N) is 3. The number of aliphatic hydroxyl groups excluding tert-OH is 1. The van der Waals surface area contributed by atoms with Crippen LogP contribution >= 0.6 is 22.9 Å². The van der Waals surface area contributed by atoms with Gasteiger partial charge in [-0.05, 0) is 97.2 Å². The number of carbonyl (C=O) groups is 4. The molecule has 3 aromatic carbocycles. The third-order valence-electron chi connectivity index (χ3n) is 13.2. The minimum atomic E-state index is -0.952. The SMILES string of the molecule is Cc1nc(F)ccc1-c1cc(Cn2ccn(C)c2=N)cc2c1OCC(Cc1ccc(Cl)c(OCCCCC(=O)N[C@H](C(=O)N3C[C@H](O)C[C@H]3C(=O)NCc3ccc(-c4scnc4C)cc3)C(C)(C)C)c1)C2=O. The number of nitrogens with zero attached hydrogens (tertiary/aromatic N) is 5. The highest BCUT2D eigenvalue weighted by Gasteiger charge is 2.44. The molecule has 0 radical (unpaired) electrons. The molecule has 3 amide bonds. The molecule has 5 heterocycles. The maximum Gasteiger partial charge on any atom is 0.246 e. The Morgan fingerprint density at radius 3 is 2.43 bits per heavy atom. The van der Waals surface area contributed by atoms with Gasteiger partial charge < -0.3 is 39.2 Å². The lowest BCUT2D eigenvalue weighted by molar-refractivity contribution is -0.144. The molecule has 3 aromatic heterocycles. The second-order valence-corrected chi connectivity index (χ2v) is 21.0. The van der Waals surface area contributed by atoms with Gasteiger partial charge in [-0.3, -0.25) is 24.6 Å². The molecule has 15 nitrogen and oxygen atoms in total. The van der Waals surface area contributed by atoms with Crippen LogP contribution in [0.1, 0.15) is 84.9 Å². The number of aliphatic hydroxyl groups is 1. The number of benzene rings is 3. The standard InChI is InChI=1S/C54H60ClFN8O7S/c1-31-39(15-17-45(56)60-31)40-22-35(27-63-19-18-62(6)53(63)57)23-41-47(67)37(29-71-48(40)41)21-34-12-16-42(55)44(24-34)70-20-8-7-9-46(66)61-50(54(3,4)5)52(69)64-28-38(65)25-43(64)51(68)58-26-33-10-13-36(14-11-33)49-32(2)59-30-72-49/h10-19,22-24,30,37-38,43,50,57,65H,7-9,20-21,25-29H2,1-6H3,(H,58,68)(H,61,66)/t37?,38-,43+,50-/m1/s1. The van der Waals surface area contributed by atoms with E-state index >= 15 is 0 Å². The first-order chi connectivity index (χ1) is 34.3. The molecule has 72 heavy (non-hydrogen) atoms. The van der Waals surface area contributed by atoms with E-state index in [0.717, 1.165) is 32.8 Å².